The Morgan fingerprint density at radius 2 is 1.71 bits per heavy atom. The SMILES string of the molecule is Cc1ccc(P(C)(=O)O)cc1-c1ccc([C@H]2CC23CCN(C(=O)C2(O)CC2)CC3)cc1. The average Bonchev–Trinajstić information content (AvgIpc) is 3.65. The first-order chi connectivity index (χ1) is 14.6. The molecular weight excluding hydrogens is 409 g/mol. The number of hydrogen-bond donors (Lipinski definition) is 2. The minimum absolute atomic E-state index is 0.0685. The second-order valence-electron chi connectivity index (χ2n) is 9.94. The Labute approximate surface area is 183 Å². The van der Waals surface area contributed by atoms with Crippen molar-refractivity contribution in [2.75, 3.05) is 19.8 Å². The summed E-state index contributed by atoms with van der Waals surface area (Å²) in [6.45, 7) is 4.90. The van der Waals surface area contributed by atoms with Gasteiger partial charge in [-0.25, -0.2) is 0 Å². The molecule has 5 rings (SSSR count). The number of aliphatic hydroxyl groups is 1. The lowest BCUT2D eigenvalue weighted by Gasteiger charge is -2.34. The Hall–Kier alpha value is -1.94. The van der Waals surface area contributed by atoms with Crippen LogP contribution in [0.2, 0.25) is 0 Å². The molecule has 1 aliphatic heterocycles. The van der Waals surface area contributed by atoms with Crippen LogP contribution in [-0.2, 0) is 9.36 Å². The Bertz CT molecular complexity index is 1080. The fourth-order valence-electron chi connectivity index (χ4n) is 5.23. The molecule has 1 spiro atoms. The average molecular weight is 439 g/mol. The lowest BCUT2D eigenvalue weighted by Crippen LogP contribution is -2.45. The van der Waals surface area contributed by atoms with Gasteiger partial charge in [0.05, 0.1) is 0 Å². The number of hydrogen-bond acceptors (Lipinski definition) is 3. The van der Waals surface area contributed by atoms with E-state index in [9.17, 15) is 19.4 Å². The summed E-state index contributed by atoms with van der Waals surface area (Å²) in [6.07, 6.45) is 4.39. The summed E-state index contributed by atoms with van der Waals surface area (Å²) in [4.78, 5) is 24.2. The van der Waals surface area contributed by atoms with Gasteiger partial charge in [0, 0.05) is 25.1 Å². The van der Waals surface area contributed by atoms with E-state index in [1.807, 2.05) is 24.0 Å². The first-order valence-electron chi connectivity index (χ1n) is 11.1. The molecule has 5 nitrogen and oxygen atoms in total. The van der Waals surface area contributed by atoms with Gasteiger partial charge in [0.15, 0.2) is 0 Å². The zero-order chi connectivity index (χ0) is 22.0. The van der Waals surface area contributed by atoms with Crippen molar-refractivity contribution in [1.29, 1.82) is 0 Å². The van der Waals surface area contributed by atoms with Crippen LogP contribution >= 0.6 is 7.37 Å². The standard InChI is InChI=1S/C25H30NO4P/c1-17-3-8-20(31(2,29)30)15-21(17)18-4-6-19(7-5-18)22-16-24(22)11-13-26(14-12-24)23(27)25(28)9-10-25/h3-8,15,22,28H,9-14,16H2,1-2H3,(H,29,30)/t22-/m1/s1. The van der Waals surface area contributed by atoms with Crippen LogP contribution in [0.4, 0.5) is 0 Å². The minimum atomic E-state index is -3.29. The van der Waals surface area contributed by atoms with Crippen LogP contribution in [0, 0.1) is 12.3 Å². The molecule has 1 amide bonds. The predicted molar refractivity (Wildman–Crippen MR) is 122 cm³/mol. The van der Waals surface area contributed by atoms with Crippen molar-refractivity contribution in [2.24, 2.45) is 5.41 Å². The second-order valence-corrected chi connectivity index (χ2v) is 12.2. The number of aryl methyl sites for hydroxylation is 1. The zero-order valence-corrected chi connectivity index (χ0v) is 19.1. The topological polar surface area (TPSA) is 77.8 Å². The van der Waals surface area contributed by atoms with Crippen LogP contribution < -0.4 is 5.30 Å². The second kappa shape index (κ2) is 7.03. The van der Waals surface area contributed by atoms with E-state index in [1.165, 1.54) is 12.2 Å². The molecule has 0 aromatic heterocycles. The van der Waals surface area contributed by atoms with Crippen molar-refractivity contribution in [3.8, 4) is 11.1 Å². The van der Waals surface area contributed by atoms with Crippen molar-refractivity contribution < 1.29 is 19.4 Å². The Balaban J connectivity index is 1.28. The van der Waals surface area contributed by atoms with Crippen LogP contribution in [0.5, 0.6) is 0 Å². The predicted octanol–water partition coefficient (Wildman–Crippen LogP) is 3.81. The highest BCUT2D eigenvalue weighted by molar-refractivity contribution is 7.65. The van der Waals surface area contributed by atoms with Gasteiger partial charge in [-0.3, -0.25) is 9.36 Å². The molecule has 1 heterocycles. The quantitative estimate of drug-likeness (QED) is 0.711. The number of nitrogens with zero attached hydrogens (tertiary/aromatic N) is 1. The van der Waals surface area contributed by atoms with E-state index in [0.717, 1.165) is 49.0 Å². The molecule has 2 aromatic carbocycles. The minimum Gasteiger partial charge on any atom is -0.380 e. The van der Waals surface area contributed by atoms with Crippen LogP contribution in [0.1, 0.15) is 49.1 Å². The number of piperidine rings is 1. The van der Waals surface area contributed by atoms with Gasteiger partial charge in [-0.2, -0.15) is 0 Å². The molecule has 3 fully saturated rings. The van der Waals surface area contributed by atoms with Gasteiger partial charge in [-0.15, -0.1) is 0 Å². The lowest BCUT2D eigenvalue weighted by atomic mass is 9.88. The Morgan fingerprint density at radius 3 is 2.29 bits per heavy atom. The molecular formula is C25H30NO4P. The number of benzene rings is 2. The fourth-order valence-corrected chi connectivity index (χ4v) is 5.95. The number of amides is 1. The third kappa shape index (κ3) is 3.77. The van der Waals surface area contributed by atoms with Gasteiger partial charge in [0.25, 0.3) is 5.91 Å². The van der Waals surface area contributed by atoms with E-state index in [2.05, 4.69) is 24.3 Å². The summed E-state index contributed by atoms with van der Waals surface area (Å²) >= 11 is 0. The maximum Gasteiger partial charge on any atom is 0.254 e. The van der Waals surface area contributed by atoms with E-state index >= 15 is 0 Å². The van der Waals surface area contributed by atoms with E-state index in [1.54, 1.807) is 6.07 Å². The summed E-state index contributed by atoms with van der Waals surface area (Å²) in [5.41, 5.74) is 3.72. The van der Waals surface area contributed by atoms with E-state index in [-0.39, 0.29) is 5.91 Å². The molecule has 2 atom stereocenters. The summed E-state index contributed by atoms with van der Waals surface area (Å²) in [5, 5.41) is 10.6. The van der Waals surface area contributed by atoms with Gasteiger partial charge >= 0.3 is 0 Å². The molecule has 31 heavy (non-hydrogen) atoms. The highest BCUT2D eigenvalue weighted by Crippen LogP contribution is 2.65. The molecule has 6 heteroatoms. The van der Waals surface area contributed by atoms with Crippen LogP contribution in [0.3, 0.4) is 0 Å². The van der Waals surface area contributed by atoms with Crippen LogP contribution in [0.25, 0.3) is 11.1 Å². The molecule has 1 saturated heterocycles. The molecule has 2 N–H and O–H groups in total. The van der Waals surface area contributed by atoms with Gasteiger partial charge in [-0.05, 0) is 84.7 Å². The molecule has 2 aromatic rings. The van der Waals surface area contributed by atoms with Crippen molar-refractivity contribution in [1.82, 2.24) is 4.90 Å². The number of rotatable bonds is 4. The highest BCUT2D eigenvalue weighted by Gasteiger charge is 2.57. The number of likely N-dealkylation sites (tertiary alicyclic amines) is 1. The van der Waals surface area contributed by atoms with Crippen molar-refractivity contribution >= 4 is 18.6 Å². The molecule has 0 radical (unpaired) electrons. The summed E-state index contributed by atoms with van der Waals surface area (Å²) < 4.78 is 12.1. The molecule has 1 unspecified atom stereocenters. The highest BCUT2D eigenvalue weighted by atomic mass is 31.2. The van der Waals surface area contributed by atoms with Crippen LogP contribution in [0.15, 0.2) is 42.5 Å². The number of carbonyl (C=O) groups is 1. The van der Waals surface area contributed by atoms with Crippen molar-refractivity contribution in [2.45, 2.75) is 50.5 Å². The Morgan fingerprint density at radius 1 is 1.06 bits per heavy atom. The normalized spacial score (nSPS) is 25.2. The first kappa shape index (κ1) is 20.9. The van der Waals surface area contributed by atoms with E-state index < -0.39 is 13.0 Å². The fraction of sp³-hybridized carbons (Fsp3) is 0.480. The molecule has 2 saturated carbocycles. The van der Waals surface area contributed by atoms with Crippen molar-refractivity contribution in [3.63, 3.8) is 0 Å². The van der Waals surface area contributed by atoms with Crippen LogP contribution in [-0.4, -0.2) is 46.2 Å². The van der Waals surface area contributed by atoms with E-state index in [4.69, 9.17) is 0 Å². The summed E-state index contributed by atoms with van der Waals surface area (Å²) in [7, 11) is -3.29. The monoisotopic (exact) mass is 439 g/mol. The third-order valence-corrected chi connectivity index (χ3v) is 8.92. The van der Waals surface area contributed by atoms with E-state index in [0.29, 0.717) is 29.5 Å². The molecule has 164 valence electrons. The lowest BCUT2D eigenvalue weighted by molar-refractivity contribution is -0.144. The maximum atomic E-state index is 12.4. The first-order valence-corrected chi connectivity index (χ1v) is 13.3. The zero-order valence-electron chi connectivity index (χ0n) is 18.2. The smallest absolute Gasteiger partial charge is 0.254 e. The third-order valence-electron chi connectivity index (χ3n) is 7.68. The maximum absolute atomic E-state index is 12.4. The molecule has 2 aliphatic carbocycles. The van der Waals surface area contributed by atoms with Gasteiger partial charge in [0.1, 0.15) is 5.60 Å². The van der Waals surface area contributed by atoms with Crippen molar-refractivity contribution in [3.05, 3.63) is 53.6 Å². The molecule has 0 bridgehead atoms. The molecule has 3 aliphatic rings. The largest absolute Gasteiger partial charge is 0.380 e. The summed E-state index contributed by atoms with van der Waals surface area (Å²) in [5.74, 6) is 0.463. The Kier molecular flexibility index (Phi) is 4.75. The summed E-state index contributed by atoms with van der Waals surface area (Å²) in [6, 6.07) is 14.1. The number of carbonyl (C=O) groups excluding carboxylic acids is 1. The van der Waals surface area contributed by atoms with Gasteiger partial charge in [-0.1, -0.05) is 30.3 Å². The van der Waals surface area contributed by atoms with Gasteiger partial charge < -0.3 is 14.9 Å². The van der Waals surface area contributed by atoms with Gasteiger partial charge in [0.2, 0.25) is 7.37 Å².